The summed E-state index contributed by atoms with van der Waals surface area (Å²) in [6.07, 6.45) is 4.10. The van der Waals surface area contributed by atoms with E-state index in [1.165, 1.54) is 0 Å². The molecule has 0 aromatic carbocycles. The standard InChI is InChI=1S/C15H26N6/c1-6-11(7-2)20(4)10-13-18-14(16-8-3)12-9-17-21(5)15(12)19-13/h9,11H,6-8,10H2,1-5H3,(H,16,18,19). The highest BCUT2D eigenvalue weighted by atomic mass is 15.3. The molecular weight excluding hydrogens is 264 g/mol. The molecule has 0 aliphatic heterocycles. The first-order valence-electron chi connectivity index (χ1n) is 7.73. The molecule has 0 unspecified atom stereocenters. The van der Waals surface area contributed by atoms with E-state index in [0.29, 0.717) is 6.04 Å². The van der Waals surface area contributed by atoms with Gasteiger partial charge >= 0.3 is 0 Å². The van der Waals surface area contributed by atoms with Crippen molar-refractivity contribution in [3.05, 3.63) is 12.0 Å². The van der Waals surface area contributed by atoms with Gasteiger partial charge in [-0.25, -0.2) is 9.97 Å². The molecule has 2 aromatic rings. The zero-order valence-corrected chi connectivity index (χ0v) is 13.7. The molecule has 0 aliphatic rings. The Hall–Kier alpha value is -1.69. The van der Waals surface area contributed by atoms with Gasteiger partial charge in [-0.05, 0) is 26.8 Å². The topological polar surface area (TPSA) is 58.9 Å². The molecule has 0 aliphatic carbocycles. The zero-order chi connectivity index (χ0) is 15.4. The molecule has 0 spiro atoms. The molecule has 0 bridgehead atoms. The van der Waals surface area contributed by atoms with E-state index in [0.717, 1.165) is 48.6 Å². The third-order valence-corrected chi connectivity index (χ3v) is 3.94. The van der Waals surface area contributed by atoms with Gasteiger partial charge in [-0.1, -0.05) is 13.8 Å². The van der Waals surface area contributed by atoms with Crippen LogP contribution in [0.1, 0.15) is 39.4 Å². The van der Waals surface area contributed by atoms with Crippen molar-refractivity contribution in [1.29, 1.82) is 0 Å². The summed E-state index contributed by atoms with van der Waals surface area (Å²) in [5.41, 5.74) is 0.883. The van der Waals surface area contributed by atoms with E-state index >= 15 is 0 Å². The van der Waals surface area contributed by atoms with Crippen molar-refractivity contribution in [2.45, 2.75) is 46.2 Å². The van der Waals surface area contributed by atoms with Crippen molar-refractivity contribution in [3.8, 4) is 0 Å². The molecule has 1 N–H and O–H groups in total. The Bertz CT molecular complexity index is 587. The van der Waals surface area contributed by atoms with Crippen molar-refractivity contribution in [2.75, 3.05) is 18.9 Å². The van der Waals surface area contributed by atoms with E-state index in [2.05, 4.69) is 53.1 Å². The lowest BCUT2D eigenvalue weighted by molar-refractivity contribution is 0.217. The highest BCUT2D eigenvalue weighted by molar-refractivity contribution is 5.86. The zero-order valence-electron chi connectivity index (χ0n) is 13.7. The molecule has 6 nitrogen and oxygen atoms in total. The number of rotatable bonds is 7. The van der Waals surface area contributed by atoms with Gasteiger partial charge in [0.15, 0.2) is 5.65 Å². The van der Waals surface area contributed by atoms with E-state index in [-0.39, 0.29) is 0 Å². The Morgan fingerprint density at radius 3 is 2.57 bits per heavy atom. The van der Waals surface area contributed by atoms with Crippen LogP contribution in [0.4, 0.5) is 5.82 Å². The van der Waals surface area contributed by atoms with Gasteiger partial charge < -0.3 is 5.32 Å². The quantitative estimate of drug-likeness (QED) is 0.848. The summed E-state index contributed by atoms with van der Waals surface area (Å²) in [6, 6.07) is 0.568. The summed E-state index contributed by atoms with van der Waals surface area (Å²) in [4.78, 5) is 11.7. The van der Waals surface area contributed by atoms with E-state index < -0.39 is 0 Å². The Morgan fingerprint density at radius 1 is 1.24 bits per heavy atom. The smallest absolute Gasteiger partial charge is 0.163 e. The maximum atomic E-state index is 4.68. The van der Waals surface area contributed by atoms with Crippen molar-refractivity contribution in [3.63, 3.8) is 0 Å². The molecule has 0 atom stereocenters. The lowest BCUT2D eigenvalue weighted by atomic mass is 10.1. The van der Waals surface area contributed by atoms with Gasteiger partial charge in [0, 0.05) is 19.6 Å². The molecule has 21 heavy (non-hydrogen) atoms. The van der Waals surface area contributed by atoms with Crippen LogP contribution < -0.4 is 5.32 Å². The Morgan fingerprint density at radius 2 is 1.95 bits per heavy atom. The molecule has 6 heteroatoms. The molecule has 0 saturated heterocycles. The third kappa shape index (κ3) is 3.32. The molecule has 2 heterocycles. The van der Waals surface area contributed by atoms with Gasteiger partial charge in [-0.15, -0.1) is 0 Å². The van der Waals surface area contributed by atoms with Crippen molar-refractivity contribution in [2.24, 2.45) is 7.05 Å². The first-order valence-corrected chi connectivity index (χ1v) is 7.73. The molecule has 116 valence electrons. The van der Waals surface area contributed by atoms with Gasteiger partial charge in [-0.2, -0.15) is 5.10 Å². The highest BCUT2D eigenvalue weighted by Gasteiger charge is 2.15. The van der Waals surface area contributed by atoms with Gasteiger partial charge in [0.2, 0.25) is 0 Å². The van der Waals surface area contributed by atoms with E-state index in [9.17, 15) is 0 Å². The second kappa shape index (κ2) is 6.85. The first kappa shape index (κ1) is 15.7. The van der Waals surface area contributed by atoms with Gasteiger partial charge in [-0.3, -0.25) is 9.58 Å². The summed E-state index contributed by atoms with van der Waals surface area (Å²) in [5, 5.41) is 8.58. The monoisotopic (exact) mass is 290 g/mol. The maximum Gasteiger partial charge on any atom is 0.163 e. The van der Waals surface area contributed by atoms with Crippen molar-refractivity contribution < 1.29 is 0 Å². The fourth-order valence-corrected chi connectivity index (χ4v) is 2.70. The second-order valence-corrected chi connectivity index (χ2v) is 5.41. The third-order valence-electron chi connectivity index (χ3n) is 3.94. The Balaban J connectivity index is 2.33. The number of nitrogens with one attached hydrogen (secondary N) is 1. The van der Waals surface area contributed by atoms with Crippen LogP contribution in [0.15, 0.2) is 6.20 Å². The van der Waals surface area contributed by atoms with Crippen LogP contribution in [0.2, 0.25) is 0 Å². The van der Waals surface area contributed by atoms with Crippen LogP contribution >= 0.6 is 0 Å². The summed E-state index contributed by atoms with van der Waals surface area (Å²) in [6.45, 7) is 8.11. The lowest BCUT2D eigenvalue weighted by Crippen LogP contribution is -2.30. The van der Waals surface area contributed by atoms with Crippen LogP contribution in [-0.4, -0.2) is 44.3 Å². The largest absolute Gasteiger partial charge is 0.370 e. The Labute approximate surface area is 126 Å². The summed E-state index contributed by atoms with van der Waals surface area (Å²) in [7, 11) is 4.06. The Kier molecular flexibility index (Phi) is 5.12. The number of hydrogen-bond acceptors (Lipinski definition) is 5. The van der Waals surface area contributed by atoms with Gasteiger partial charge in [0.25, 0.3) is 0 Å². The van der Waals surface area contributed by atoms with Gasteiger partial charge in [0.05, 0.1) is 18.1 Å². The van der Waals surface area contributed by atoms with Crippen LogP contribution in [0.5, 0.6) is 0 Å². The summed E-state index contributed by atoms with van der Waals surface area (Å²) >= 11 is 0. The molecular formula is C15H26N6. The van der Waals surface area contributed by atoms with Crippen molar-refractivity contribution in [1.82, 2.24) is 24.6 Å². The SMILES string of the molecule is CCNc1nc(CN(C)C(CC)CC)nc2c1cnn2C. The number of aromatic nitrogens is 4. The van der Waals surface area contributed by atoms with E-state index in [1.54, 1.807) is 4.68 Å². The fraction of sp³-hybridized carbons (Fsp3) is 0.667. The predicted molar refractivity (Wildman–Crippen MR) is 86.3 cm³/mol. The number of fused-ring (bicyclic) bond motifs is 1. The molecule has 2 aromatic heterocycles. The van der Waals surface area contributed by atoms with Crippen LogP contribution in [-0.2, 0) is 13.6 Å². The molecule has 0 radical (unpaired) electrons. The normalized spacial score (nSPS) is 11.8. The lowest BCUT2D eigenvalue weighted by Gasteiger charge is -2.25. The minimum atomic E-state index is 0.568. The van der Waals surface area contributed by atoms with Crippen LogP contribution in [0, 0.1) is 0 Å². The molecule has 0 fully saturated rings. The number of aryl methyl sites for hydroxylation is 1. The van der Waals surface area contributed by atoms with E-state index in [4.69, 9.17) is 0 Å². The maximum absolute atomic E-state index is 4.68. The molecule has 0 saturated carbocycles. The van der Waals surface area contributed by atoms with Crippen molar-refractivity contribution >= 4 is 16.9 Å². The second-order valence-electron chi connectivity index (χ2n) is 5.41. The van der Waals surface area contributed by atoms with Crippen LogP contribution in [0.25, 0.3) is 11.0 Å². The van der Waals surface area contributed by atoms with Crippen LogP contribution in [0.3, 0.4) is 0 Å². The minimum absolute atomic E-state index is 0.568. The first-order chi connectivity index (χ1) is 10.1. The number of anilines is 1. The van der Waals surface area contributed by atoms with E-state index in [1.807, 2.05) is 13.2 Å². The number of nitrogens with zero attached hydrogens (tertiary/aromatic N) is 5. The summed E-state index contributed by atoms with van der Waals surface area (Å²) < 4.78 is 1.80. The summed E-state index contributed by atoms with van der Waals surface area (Å²) in [5.74, 6) is 1.72. The van der Waals surface area contributed by atoms with Gasteiger partial charge in [0.1, 0.15) is 11.6 Å². The highest BCUT2D eigenvalue weighted by Crippen LogP contribution is 2.20. The average Bonchev–Trinajstić information content (AvgIpc) is 2.82. The predicted octanol–water partition coefficient (Wildman–Crippen LogP) is 2.42. The number of hydrogen-bond donors (Lipinski definition) is 1. The average molecular weight is 290 g/mol. The molecule has 2 rings (SSSR count). The molecule has 0 amide bonds. The fourth-order valence-electron chi connectivity index (χ4n) is 2.70. The minimum Gasteiger partial charge on any atom is -0.370 e.